The highest BCUT2D eigenvalue weighted by molar-refractivity contribution is 5.14. The van der Waals surface area contributed by atoms with Gasteiger partial charge in [0, 0.05) is 24.2 Å². The molecule has 1 aromatic heterocycles. The molecule has 4 heteroatoms. The average molecular weight is 265 g/mol. The number of rotatable bonds is 9. The Hall–Kier alpha value is -1.16. The highest BCUT2D eigenvalue weighted by atomic mass is 16.5. The molecule has 1 N–H and O–H groups in total. The molecule has 1 unspecified atom stereocenters. The van der Waals surface area contributed by atoms with Crippen molar-refractivity contribution in [3.8, 4) is 5.88 Å². The summed E-state index contributed by atoms with van der Waals surface area (Å²) in [6.07, 6.45) is 6.19. The van der Waals surface area contributed by atoms with E-state index in [-0.39, 0.29) is 6.10 Å². The normalized spacial score (nSPS) is 12.7. The van der Waals surface area contributed by atoms with E-state index in [0.29, 0.717) is 11.9 Å². The molecule has 0 aromatic carbocycles. The molecule has 108 valence electrons. The van der Waals surface area contributed by atoms with Crippen LogP contribution < -0.4 is 10.1 Å². The minimum Gasteiger partial charge on any atom is -0.475 e. The van der Waals surface area contributed by atoms with E-state index in [0.717, 1.165) is 25.1 Å². The van der Waals surface area contributed by atoms with Crippen molar-refractivity contribution in [3.05, 3.63) is 18.1 Å². The van der Waals surface area contributed by atoms with Gasteiger partial charge in [0.2, 0.25) is 5.88 Å². The van der Waals surface area contributed by atoms with Crippen LogP contribution >= 0.6 is 0 Å². The molecule has 0 amide bonds. The van der Waals surface area contributed by atoms with E-state index in [2.05, 4.69) is 29.1 Å². The molecule has 0 spiro atoms. The lowest BCUT2D eigenvalue weighted by atomic mass is 10.1. The first kappa shape index (κ1) is 15.9. The molecule has 1 atom stereocenters. The summed E-state index contributed by atoms with van der Waals surface area (Å²) in [6, 6.07) is 2.45. The SMILES string of the molecule is CCCNC(CCC)Cc1cc(OC(C)C)ncn1. The summed E-state index contributed by atoms with van der Waals surface area (Å²) in [5, 5.41) is 3.58. The van der Waals surface area contributed by atoms with E-state index < -0.39 is 0 Å². The summed E-state index contributed by atoms with van der Waals surface area (Å²) in [6.45, 7) is 9.48. The van der Waals surface area contributed by atoms with Gasteiger partial charge in [-0.15, -0.1) is 0 Å². The Bertz CT molecular complexity index is 355. The van der Waals surface area contributed by atoms with E-state index in [9.17, 15) is 0 Å². The maximum absolute atomic E-state index is 5.61. The van der Waals surface area contributed by atoms with Crippen LogP contribution in [0.2, 0.25) is 0 Å². The summed E-state index contributed by atoms with van der Waals surface area (Å²) in [7, 11) is 0. The number of nitrogens with zero attached hydrogens (tertiary/aromatic N) is 2. The summed E-state index contributed by atoms with van der Waals surface area (Å²) in [5.41, 5.74) is 1.05. The Morgan fingerprint density at radius 2 is 2.00 bits per heavy atom. The lowest BCUT2D eigenvalue weighted by Crippen LogP contribution is -2.32. The van der Waals surface area contributed by atoms with Crippen LogP contribution in [0, 0.1) is 0 Å². The summed E-state index contributed by atoms with van der Waals surface area (Å²) in [4.78, 5) is 8.49. The van der Waals surface area contributed by atoms with Crippen molar-refractivity contribution >= 4 is 0 Å². The van der Waals surface area contributed by atoms with E-state index in [1.807, 2.05) is 19.9 Å². The molecule has 0 fully saturated rings. The van der Waals surface area contributed by atoms with Crippen molar-refractivity contribution in [2.24, 2.45) is 0 Å². The summed E-state index contributed by atoms with van der Waals surface area (Å²) >= 11 is 0. The van der Waals surface area contributed by atoms with Gasteiger partial charge in [-0.2, -0.15) is 0 Å². The predicted octanol–water partition coefficient (Wildman–Crippen LogP) is 2.97. The van der Waals surface area contributed by atoms with E-state index >= 15 is 0 Å². The molecule has 4 nitrogen and oxygen atoms in total. The molecule has 1 aromatic rings. The Balaban J connectivity index is 2.61. The number of ether oxygens (including phenoxy) is 1. The van der Waals surface area contributed by atoms with Gasteiger partial charge in [-0.3, -0.25) is 0 Å². The minimum atomic E-state index is 0.146. The van der Waals surface area contributed by atoms with Crippen LogP contribution in [-0.4, -0.2) is 28.7 Å². The van der Waals surface area contributed by atoms with Gasteiger partial charge in [-0.25, -0.2) is 9.97 Å². The lowest BCUT2D eigenvalue weighted by molar-refractivity contribution is 0.231. The maximum atomic E-state index is 5.61. The molecule has 0 saturated carbocycles. The molecule has 19 heavy (non-hydrogen) atoms. The van der Waals surface area contributed by atoms with Crippen LogP contribution in [0.4, 0.5) is 0 Å². The highest BCUT2D eigenvalue weighted by Gasteiger charge is 2.10. The van der Waals surface area contributed by atoms with Crippen LogP contribution in [-0.2, 0) is 6.42 Å². The van der Waals surface area contributed by atoms with Gasteiger partial charge in [0.05, 0.1) is 6.10 Å². The second kappa shape index (κ2) is 8.86. The molecule has 0 aliphatic heterocycles. The third-order valence-corrected chi connectivity index (χ3v) is 2.83. The molecule has 1 heterocycles. The van der Waals surface area contributed by atoms with Gasteiger partial charge in [-0.05, 0) is 33.2 Å². The minimum absolute atomic E-state index is 0.146. The van der Waals surface area contributed by atoms with Crippen molar-refractivity contribution in [1.29, 1.82) is 0 Å². The average Bonchev–Trinajstić information content (AvgIpc) is 2.36. The number of nitrogens with one attached hydrogen (secondary N) is 1. The third-order valence-electron chi connectivity index (χ3n) is 2.83. The first-order valence-electron chi connectivity index (χ1n) is 7.36. The van der Waals surface area contributed by atoms with Gasteiger partial charge in [-0.1, -0.05) is 20.3 Å². The van der Waals surface area contributed by atoms with Gasteiger partial charge in [0.25, 0.3) is 0 Å². The Labute approximate surface area is 117 Å². The number of aromatic nitrogens is 2. The van der Waals surface area contributed by atoms with Crippen LogP contribution in [0.15, 0.2) is 12.4 Å². The van der Waals surface area contributed by atoms with Crippen LogP contribution in [0.25, 0.3) is 0 Å². The smallest absolute Gasteiger partial charge is 0.216 e. The number of hydrogen-bond donors (Lipinski definition) is 1. The van der Waals surface area contributed by atoms with Crippen molar-refractivity contribution in [2.75, 3.05) is 6.54 Å². The first-order chi connectivity index (χ1) is 9.15. The predicted molar refractivity (Wildman–Crippen MR) is 78.5 cm³/mol. The monoisotopic (exact) mass is 265 g/mol. The lowest BCUT2D eigenvalue weighted by Gasteiger charge is -2.17. The molecule has 0 saturated heterocycles. The summed E-state index contributed by atoms with van der Waals surface area (Å²) in [5.74, 6) is 0.672. The van der Waals surface area contributed by atoms with E-state index in [1.54, 1.807) is 6.33 Å². The zero-order chi connectivity index (χ0) is 14.1. The Morgan fingerprint density at radius 3 is 2.63 bits per heavy atom. The zero-order valence-corrected chi connectivity index (χ0v) is 12.6. The molecule has 0 aliphatic rings. The fraction of sp³-hybridized carbons (Fsp3) is 0.733. The van der Waals surface area contributed by atoms with Crippen molar-refractivity contribution in [1.82, 2.24) is 15.3 Å². The zero-order valence-electron chi connectivity index (χ0n) is 12.6. The topological polar surface area (TPSA) is 47.0 Å². The molecule has 0 aliphatic carbocycles. The standard InChI is InChI=1S/C15H27N3O/c1-5-7-13(16-8-6-2)9-14-10-15(18-11-17-14)19-12(3)4/h10-13,16H,5-9H2,1-4H3. The van der Waals surface area contributed by atoms with Crippen LogP contribution in [0.1, 0.15) is 52.7 Å². The van der Waals surface area contributed by atoms with Crippen LogP contribution in [0.3, 0.4) is 0 Å². The van der Waals surface area contributed by atoms with Crippen molar-refractivity contribution in [2.45, 2.75) is 65.5 Å². The second-order valence-electron chi connectivity index (χ2n) is 5.16. The Kier molecular flexibility index (Phi) is 7.41. The molecular formula is C15H27N3O. The Morgan fingerprint density at radius 1 is 1.21 bits per heavy atom. The van der Waals surface area contributed by atoms with Crippen molar-refractivity contribution in [3.63, 3.8) is 0 Å². The van der Waals surface area contributed by atoms with Gasteiger partial charge < -0.3 is 10.1 Å². The third kappa shape index (κ3) is 6.53. The summed E-state index contributed by atoms with van der Waals surface area (Å²) < 4.78 is 5.61. The maximum Gasteiger partial charge on any atom is 0.216 e. The molecule has 1 rings (SSSR count). The van der Waals surface area contributed by atoms with Gasteiger partial charge in [0.15, 0.2) is 0 Å². The molecule has 0 bridgehead atoms. The largest absolute Gasteiger partial charge is 0.475 e. The van der Waals surface area contributed by atoms with Crippen molar-refractivity contribution < 1.29 is 4.74 Å². The second-order valence-corrected chi connectivity index (χ2v) is 5.16. The first-order valence-corrected chi connectivity index (χ1v) is 7.36. The quantitative estimate of drug-likeness (QED) is 0.745. The fourth-order valence-electron chi connectivity index (χ4n) is 2.02. The van der Waals surface area contributed by atoms with E-state index in [4.69, 9.17) is 4.74 Å². The van der Waals surface area contributed by atoms with Gasteiger partial charge in [0.1, 0.15) is 6.33 Å². The van der Waals surface area contributed by atoms with Crippen LogP contribution in [0.5, 0.6) is 5.88 Å². The molecule has 0 radical (unpaired) electrons. The number of hydrogen-bond acceptors (Lipinski definition) is 4. The van der Waals surface area contributed by atoms with Gasteiger partial charge >= 0.3 is 0 Å². The highest BCUT2D eigenvalue weighted by Crippen LogP contribution is 2.12. The van der Waals surface area contributed by atoms with E-state index in [1.165, 1.54) is 12.8 Å². The molecular weight excluding hydrogens is 238 g/mol. The fourth-order valence-corrected chi connectivity index (χ4v) is 2.02.